The summed E-state index contributed by atoms with van der Waals surface area (Å²) in [5, 5.41) is 1.59. The molecule has 8 heteroatoms. The Balaban J connectivity index is 1.69. The van der Waals surface area contributed by atoms with Gasteiger partial charge in [-0.1, -0.05) is 53.0 Å². The maximum absolute atomic E-state index is 12.9. The highest BCUT2D eigenvalue weighted by Crippen LogP contribution is 2.38. The molecular formula is C22H15Cl3N2O2S. The van der Waals surface area contributed by atoms with Crippen LogP contribution in [-0.2, 0) is 11.2 Å². The predicted molar refractivity (Wildman–Crippen MR) is 123 cm³/mol. The van der Waals surface area contributed by atoms with Crippen molar-refractivity contribution >= 4 is 63.0 Å². The number of carbonyl (C=O) groups is 1. The van der Waals surface area contributed by atoms with Crippen molar-refractivity contribution in [2.45, 2.75) is 13.3 Å². The Morgan fingerprint density at radius 2 is 1.90 bits per heavy atom. The van der Waals surface area contributed by atoms with Gasteiger partial charge in [-0.15, -0.1) is 11.3 Å². The van der Waals surface area contributed by atoms with E-state index in [0.29, 0.717) is 39.2 Å². The Labute approximate surface area is 192 Å². The molecule has 0 saturated carbocycles. The molecule has 0 aliphatic carbocycles. The van der Waals surface area contributed by atoms with Gasteiger partial charge in [-0.05, 0) is 31.2 Å². The van der Waals surface area contributed by atoms with E-state index in [1.54, 1.807) is 35.0 Å². The summed E-state index contributed by atoms with van der Waals surface area (Å²) in [5.41, 5.74) is 4.92. The van der Waals surface area contributed by atoms with Gasteiger partial charge in [-0.3, -0.25) is 0 Å². The van der Waals surface area contributed by atoms with Crippen molar-refractivity contribution in [3.63, 3.8) is 0 Å². The summed E-state index contributed by atoms with van der Waals surface area (Å²) in [4.78, 5) is 22.9. The van der Waals surface area contributed by atoms with E-state index >= 15 is 0 Å². The topological polar surface area (TPSA) is 52.1 Å². The largest absolute Gasteiger partial charge is 0.462 e. The third-order valence-corrected chi connectivity index (χ3v) is 6.94. The second kappa shape index (κ2) is 8.90. The zero-order chi connectivity index (χ0) is 21.3. The number of benzene rings is 2. The molecule has 0 N–H and O–H groups in total. The number of thiazole rings is 1. The molecule has 0 aliphatic rings. The van der Waals surface area contributed by atoms with Crippen LogP contribution in [0.3, 0.4) is 0 Å². The van der Waals surface area contributed by atoms with E-state index < -0.39 is 5.97 Å². The van der Waals surface area contributed by atoms with Gasteiger partial charge in [0.15, 0.2) is 0 Å². The summed E-state index contributed by atoms with van der Waals surface area (Å²) < 4.78 is 5.56. The van der Waals surface area contributed by atoms with Crippen LogP contribution in [0.4, 0.5) is 0 Å². The van der Waals surface area contributed by atoms with Crippen molar-refractivity contribution in [3.05, 3.63) is 79.2 Å². The van der Waals surface area contributed by atoms with Gasteiger partial charge in [-0.25, -0.2) is 14.8 Å². The van der Waals surface area contributed by atoms with Crippen LogP contribution in [-0.4, -0.2) is 22.5 Å². The lowest BCUT2D eigenvalue weighted by atomic mass is 10.0. The third-order valence-electron chi connectivity index (χ3n) is 4.65. The summed E-state index contributed by atoms with van der Waals surface area (Å²) in [7, 11) is 0. The fourth-order valence-electron chi connectivity index (χ4n) is 3.09. The van der Waals surface area contributed by atoms with Gasteiger partial charge in [0.2, 0.25) is 0 Å². The molecule has 4 rings (SSSR count). The number of esters is 1. The van der Waals surface area contributed by atoms with Gasteiger partial charge in [0.05, 0.1) is 49.7 Å². The van der Waals surface area contributed by atoms with Gasteiger partial charge < -0.3 is 4.74 Å². The van der Waals surface area contributed by atoms with Gasteiger partial charge in [0, 0.05) is 22.2 Å². The number of carbonyl (C=O) groups excluding carboxylic acids is 1. The fourth-order valence-corrected chi connectivity index (χ4v) is 4.48. The first-order valence-electron chi connectivity index (χ1n) is 9.05. The van der Waals surface area contributed by atoms with Gasteiger partial charge in [0.1, 0.15) is 0 Å². The first kappa shape index (κ1) is 21.1. The molecule has 0 unspecified atom stereocenters. The van der Waals surface area contributed by atoms with Gasteiger partial charge in [-0.2, -0.15) is 0 Å². The molecule has 2 aromatic carbocycles. The van der Waals surface area contributed by atoms with Crippen LogP contribution in [0.15, 0.2) is 48.0 Å². The van der Waals surface area contributed by atoms with Gasteiger partial charge in [0.25, 0.3) is 0 Å². The summed E-state index contributed by atoms with van der Waals surface area (Å²) >= 11 is 20.2. The highest BCUT2D eigenvalue weighted by Gasteiger charge is 2.18. The molecule has 0 aliphatic heterocycles. The maximum Gasteiger partial charge on any atom is 0.338 e. The third kappa shape index (κ3) is 4.16. The zero-order valence-electron chi connectivity index (χ0n) is 15.8. The van der Waals surface area contributed by atoms with Crippen molar-refractivity contribution in [1.82, 2.24) is 9.97 Å². The first-order valence-corrected chi connectivity index (χ1v) is 11.1. The van der Waals surface area contributed by atoms with Crippen molar-refractivity contribution < 1.29 is 9.53 Å². The minimum absolute atomic E-state index is 0.245. The summed E-state index contributed by atoms with van der Waals surface area (Å²) in [5.74, 6) is -0.423. The number of rotatable bonds is 5. The van der Waals surface area contributed by atoms with Crippen LogP contribution < -0.4 is 0 Å². The predicted octanol–water partition coefficient (Wildman–Crippen LogP) is 7.03. The molecule has 152 valence electrons. The Bertz CT molecular complexity index is 1260. The zero-order valence-corrected chi connectivity index (χ0v) is 18.9. The molecule has 0 bridgehead atoms. The number of hydrogen-bond acceptors (Lipinski definition) is 5. The molecule has 4 aromatic rings. The molecule has 2 aromatic heterocycles. The second-order valence-corrected chi connectivity index (χ2v) is 8.64. The van der Waals surface area contributed by atoms with E-state index in [4.69, 9.17) is 39.5 Å². The molecule has 0 fully saturated rings. The molecule has 0 atom stereocenters. The number of aryl methyl sites for hydroxylation is 1. The molecule has 0 amide bonds. The number of nitrogens with zero attached hydrogens (tertiary/aromatic N) is 2. The van der Waals surface area contributed by atoms with Crippen molar-refractivity contribution in [1.29, 1.82) is 0 Å². The molecular weight excluding hydrogens is 463 g/mol. The Morgan fingerprint density at radius 3 is 2.67 bits per heavy atom. The Hall–Kier alpha value is -2.18. The normalized spacial score (nSPS) is 11.1. The van der Waals surface area contributed by atoms with E-state index in [1.807, 2.05) is 31.2 Å². The van der Waals surface area contributed by atoms with Crippen molar-refractivity contribution in [3.8, 4) is 11.3 Å². The smallest absolute Gasteiger partial charge is 0.338 e. The monoisotopic (exact) mass is 476 g/mol. The summed E-state index contributed by atoms with van der Waals surface area (Å²) in [6.07, 6.45) is 0.622. The average molecular weight is 478 g/mol. The van der Waals surface area contributed by atoms with Crippen LogP contribution in [0.2, 0.25) is 15.1 Å². The van der Waals surface area contributed by atoms with E-state index in [-0.39, 0.29) is 16.7 Å². The molecule has 30 heavy (non-hydrogen) atoms. The second-order valence-electron chi connectivity index (χ2n) is 6.54. The molecule has 2 heterocycles. The Kier molecular flexibility index (Phi) is 6.25. The molecule has 0 radical (unpaired) electrons. The van der Waals surface area contributed by atoms with Crippen molar-refractivity contribution in [2.24, 2.45) is 0 Å². The number of pyridine rings is 1. The SMILES string of the molecule is Cc1ncsc1CCOC(=O)c1cc(-c2ccc(Cl)c(Cl)c2Cl)nc2ccccc12. The van der Waals surface area contributed by atoms with Crippen LogP contribution in [0, 0.1) is 6.92 Å². The molecule has 4 nitrogen and oxygen atoms in total. The van der Waals surface area contributed by atoms with E-state index in [9.17, 15) is 4.79 Å². The van der Waals surface area contributed by atoms with Crippen LogP contribution in [0.25, 0.3) is 22.2 Å². The minimum Gasteiger partial charge on any atom is -0.462 e. The van der Waals surface area contributed by atoms with E-state index in [0.717, 1.165) is 10.6 Å². The maximum atomic E-state index is 12.9. The first-order chi connectivity index (χ1) is 14.5. The Morgan fingerprint density at radius 1 is 1.10 bits per heavy atom. The molecule has 0 saturated heterocycles. The average Bonchev–Trinajstić information content (AvgIpc) is 3.16. The lowest BCUT2D eigenvalue weighted by Crippen LogP contribution is -2.09. The fraction of sp³-hybridized carbons (Fsp3) is 0.136. The van der Waals surface area contributed by atoms with Gasteiger partial charge >= 0.3 is 5.97 Å². The summed E-state index contributed by atoms with van der Waals surface area (Å²) in [6, 6.07) is 12.4. The minimum atomic E-state index is -0.423. The van der Waals surface area contributed by atoms with Crippen LogP contribution in [0.5, 0.6) is 0 Å². The quantitative estimate of drug-likeness (QED) is 0.229. The van der Waals surface area contributed by atoms with Crippen molar-refractivity contribution in [2.75, 3.05) is 6.61 Å². The number of aromatic nitrogens is 2. The van der Waals surface area contributed by atoms with Crippen LogP contribution >= 0.6 is 46.1 Å². The molecule has 0 spiro atoms. The lowest BCUT2D eigenvalue weighted by Gasteiger charge is -2.12. The number of para-hydroxylation sites is 1. The number of hydrogen-bond donors (Lipinski definition) is 0. The highest BCUT2D eigenvalue weighted by molar-refractivity contribution is 7.09. The van der Waals surface area contributed by atoms with E-state index in [2.05, 4.69) is 9.97 Å². The standard InChI is InChI=1S/C22H15Cl3N2O2S/c1-12-19(30-11-26-12)8-9-29-22(28)15-10-18(27-17-5-3-2-4-13(15)17)14-6-7-16(23)21(25)20(14)24/h2-7,10-11H,8-9H2,1H3. The number of fused-ring (bicyclic) bond motifs is 1. The number of halogens is 3. The highest BCUT2D eigenvalue weighted by atomic mass is 35.5. The van der Waals surface area contributed by atoms with E-state index in [1.165, 1.54) is 0 Å². The summed E-state index contributed by atoms with van der Waals surface area (Å²) in [6.45, 7) is 2.21. The van der Waals surface area contributed by atoms with Crippen LogP contribution in [0.1, 0.15) is 20.9 Å². The number of ether oxygens (including phenoxy) is 1. The lowest BCUT2D eigenvalue weighted by molar-refractivity contribution is 0.0512.